The van der Waals surface area contributed by atoms with Crippen molar-refractivity contribution in [1.82, 2.24) is 14.9 Å². The molecule has 0 radical (unpaired) electrons. The van der Waals surface area contributed by atoms with Crippen LogP contribution >= 0.6 is 11.6 Å². The van der Waals surface area contributed by atoms with E-state index < -0.39 is 0 Å². The Kier molecular flexibility index (Phi) is 4.65. The van der Waals surface area contributed by atoms with Gasteiger partial charge in [0.25, 0.3) is 0 Å². The van der Waals surface area contributed by atoms with E-state index in [1.54, 1.807) is 6.20 Å². The van der Waals surface area contributed by atoms with Gasteiger partial charge in [0, 0.05) is 18.0 Å². The third-order valence-corrected chi connectivity index (χ3v) is 5.42. The summed E-state index contributed by atoms with van der Waals surface area (Å²) in [6, 6.07) is 1.45. The van der Waals surface area contributed by atoms with E-state index in [0.29, 0.717) is 23.0 Å². The van der Waals surface area contributed by atoms with Crippen LogP contribution in [0.2, 0.25) is 5.15 Å². The Morgan fingerprint density at radius 3 is 3.00 bits per heavy atom. The third-order valence-electron chi connectivity index (χ3n) is 5.24. The number of rotatable bonds is 5. The van der Waals surface area contributed by atoms with Gasteiger partial charge in [-0.1, -0.05) is 31.4 Å². The fourth-order valence-corrected chi connectivity index (χ4v) is 4.35. The van der Waals surface area contributed by atoms with Crippen molar-refractivity contribution in [3.8, 4) is 5.88 Å². The van der Waals surface area contributed by atoms with Crippen LogP contribution in [0.25, 0.3) is 0 Å². The lowest BCUT2D eigenvalue weighted by atomic mass is 9.78. The average molecular weight is 310 g/mol. The SMILES string of the molecule is CCC[C@H]1CC2CCC([C@@H]1COc1cncc(Cl)n1)N2C. The van der Waals surface area contributed by atoms with Crippen molar-refractivity contribution in [2.75, 3.05) is 13.7 Å². The molecular weight excluding hydrogens is 286 g/mol. The van der Waals surface area contributed by atoms with Gasteiger partial charge in [-0.15, -0.1) is 0 Å². The molecule has 3 rings (SSSR count). The van der Waals surface area contributed by atoms with Crippen LogP contribution in [0.5, 0.6) is 5.88 Å². The smallest absolute Gasteiger partial charge is 0.233 e. The van der Waals surface area contributed by atoms with Crippen LogP contribution in [0.3, 0.4) is 0 Å². The number of nitrogens with zero attached hydrogens (tertiary/aromatic N) is 3. The van der Waals surface area contributed by atoms with Gasteiger partial charge in [0.15, 0.2) is 5.15 Å². The van der Waals surface area contributed by atoms with E-state index in [1.165, 1.54) is 38.3 Å². The van der Waals surface area contributed by atoms with Gasteiger partial charge in [-0.05, 0) is 32.2 Å². The minimum atomic E-state index is 0.388. The fraction of sp³-hybridized carbons (Fsp3) is 0.750. The molecule has 5 heteroatoms. The van der Waals surface area contributed by atoms with Gasteiger partial charge in [-0.3, -0.25) is 4.98 Å². The van der Waals surface area contributed by atoms with Crippen molar-refractivity contribution in [1.29, 1.82) is 0 Å². The summed E-state index contributed by atoms with van der Waals surface area (Å²) in [5.74, 6) is 1.91. The van der Waals surface area contributed by atoms with E-state index >= 15 is 0 Å². The van der Waals surface area contributed by atoms with Gasteiger partial charge in [-0.2, -0.15) is 4.98 Å². The highest BCUT2D eigenvalue weighted by molar-refractivity contribution is 6.29. The summed E-state index contributed by atoms with van der Waals surface area (Å²) in [4.78, 5) is 10.8. The molecule has 4 atom stereocenters. The normalized spacial score (nSPS) is 32.3. The molecule has 4 nitrogen and oxygen atoms in total. The van der Waals surface area contributed by atoms with Crippen LogP contribution in [0, 0.1) is 11.8 Å². The number of hydrogen-bond acceptors (Lipinski definition) is 4. The van der Waals surface area contributed by atoms with Crippen LogP contribution < -0.4 is 4.74 Å². The van der Waals surface area contributed by atoms with E-state index in [0.717, 1.165) is 18.6 Å². The zero-order valence-electron chi connectivity index (χ0n) is 12.8. The molecule has 0 amide bonds. The van der Waals surface area contributed by atoms with Crippen molar-refractivity contribution in [3.05, 3.63) is 17.5 Å². The number of fused-ring (bicyclic) bond motifs is 2. The molecule has 0 N–H and O–H groups in total. The number of piperidine rings is 1. The molecule has 2 unspecified atom stereocenters. The summed E-state index contributed by atoms with van der Waals surface area (Å²) in [5.41, 5.74) is 0. The maximum Gasteiger partial charge on any atom is 0.233 e. The topological polar surface area (TPSA) is 38.3 Å². The molecular formula is C16H24ClN3O. The summed E-state index contributed by atoms with van der Waals surface area (Å²) in [7, 11) is 2.27. The molecule has 0 spiro atoms. The molecule has 2 saturated heterocycles. The second kappa shape index (κ2) is 6.49. The van der Waals surface area contributed by atoms with E-state index in [4.69, 9.17) is 16.3 Å². The van der Waals surface area contributed by atoms with E-state index in [9.17, 15) is 0 Å². The lowest BCUT2D eigenvalue weighted by Crippen LogP contribution is -2.48. The molecule has 0 aliphatic carbocycles. The molecule has 3 heterocycles. The lowest BCUT2D eigenvalue weighted by molar-refractivity contribution is 0.0326. The highest BCUT2D eigenvalue weighted by Gasteiger charge is 2.45. The number of hydrogen-bond donors (Lipinski definition) is 0. The van der Waals surface area contributed by atoms with E-state index in [2.05, 4.69) is 28.8 Å². The first kappa shape index (κ1) is 15.0. The predicted molar refractivity (Wildman–Crippen MR) is 83.6 cm³/mol. The number of aromatic nitrogens is 2. The standard InChI is InChI=1S/C16H24ClN3O/c1-3-4-11-7-12-5-6-14(20(12)2)13(11)10-21-16-9-18-8-15(17)19-16/h8-9,11-14H,3-7,10H2,1-2H3/t11-,12?,13+,14?/m0/s1. The molecule has 0 saturated carbocycles. The van der Waals surface area contributed by atoms with E-state index in [-0.39, 0.29) is 0 Å². The second-order valence-corrected chi connectivity index (χ2v) is 6.79. The molecule has 2 aliphatic heterocycles. The van der Waals surface area contributed by atoms with Gasteiger partial charge in [-0.25, -0.2) is 0 Å². The first-order valence-corrected chi connectivity index (χ1v) is 8.39. The first-order valence-electron chi connectivity index (χ1n) is 8.01. The molecule has 116 valence electrons. The molecule has 21 heavy (non-hydrogen) atoms. The van der Waals surface area contributed by atoms with Gasteiger partial charge in [0.2, 0.25) is 5.88 Å². The lowest BCUT2D eigenvalue weighted by Gasteiger charge is -2.42. The summed E-state index contributed by atoms with van der Waals surface area (Å²) in [6.07, 6.45) is 9.69. The highest BCUT2D eigenvalue weighted by Crippen LogP contribution is 2.43. The average Bonchev–Trinajstić information content (AvgIpc) is 2.71. The minimum Gasteiger partial charge on any atom is -0.476 e. The fourth-order valence-electron chi connectivity index (χ4n) is 4.21. The first-order chi connectivity index (χ1) is 10.2. The Balaban J connectivity index is 1.68. The molecule has 2 bridgehead atoms. The Bertz CT molecular complexity index is 484. The van der Waals surface area contributed by atoms with Crippen LogP contribution in [-0.4, -0.2) is 40.6 Å². The Morgan fingerprint density at radius 1 is 1.38 bits per heavy atom. The Hall–Kier alpha value is -0.870. The number of ether oxygens (including phenoxy) is 1. The van der Waals surface area contributed by atoms with Crippen molar-refractivity contribution in [2.24, 2.45) is 11.8 Å². The van der Waals surface area contributed by atoms with Crippen LogP contribution in [-0.2, 0) is 0 Å². The summed E-state index contributed by atoms with van der Waals surface area (Å²) >= 11 is 5.87. The zero-order valence-corrected chi connectivity index (χ0v) is 13.6. The number of halogens is 1. The third kappa shape index (κ3) is 3.16. The van der Waals surface area contributed by atoms with Crippen LogP contribution in [0.1, 0.15) is 39.0 Å². The van der Waals surface area contributed by atoms with Crippen molar-refractivity contribution >= 4 is 11.6 Å². The summed E-state index contributed by atoms with van der Waals surface area (Å²) in [6.45, 7) is 3.00. The monoisotopic (exact) mass is 309 g/mol. The van der Waals surface area contributed by atoms with Crippen molar-refractivity contribution < 1.29 is 4.74 Å². The molecule has 1 aromatic rings. The van der Waals surface area contributed by atoms with Crippen molar-refractivity contribution in [3.63, 3.8) is 0 Å². The van der Waals surface area contributed by atoms with Gasteiger partial charge in [0.1, 0.15) is 0 Å². The van der Waals surface area contributed by atoms with Gasteiger partial charge < -0.3 is 9.64 Å². The Morgan fingerprint density at radius 2 is 2.24 bits per heavy atom. The molecule has 2 aliphatic rings. The van der Waals surface area contributed by atoms with Gasteiger partial charge in [0.05, 0.1) is 19.0 Å². The summed E-state index contributed by atoms with van der Waals surface area (Å²) in [5, 5.41) is 0.388. The maximum absolute atomic E-state index is 5.92. The van der Waals surface area contributed by atoms with Gasteiger partial charge >= 0.3 is 0 Å². The van der Waals surface area contributed by atoms with E-state index in [1.807, 2.05) is 0 Å². The van der Waals surface area contributed by atoms with Crippen molar-refractivity contribution in [2.45, 2.75) is 51.1 Å². The maximum atomic E-state index is 5.92. The molecule has 1 aromatic heterocycles. The largest absolute Gasteiger partial charge is 0.476 e. The summed E-state index contributed by atoms with van der Waals surface area (Å²) < 4.78 is 5.92. The zero-order chi connectivity index (χ0) is 14.8. The Labute approximate surface area is 131 Å². The minimum absolute atomic E-state index is 0.388. The van der Waals surface area contributed by atoms with Crippen LogP contribution in [0.15, 0.2) is 12.4 Å². The predicted octanol–water partition coefficient (Wildman–Crippen LogP) is 3.41. The highest BCUT2D eigenvalue weighted by atomic mass is 35.5. The quantitative estimate of drug-likeness (QED) is 0.835. The second-order valence-electron chi connectivity index (χ2n) is 6.40. The molecule has 0 aromatic carbocycles. The van der Waals surface area contributed by atoms with Crippen LogP contribution in [0.4, 0.5) is 0 Å². The molecule has 2 fully saturated rings.